The molecule has 0 bridgehead atoms. The van der Waals surface area contributed by atoms with Crippen LogP contribution < -0.4 is 5.32 Å². The number of nitrogens with one attached hydrogen (secondary N) is 1. The molecule has 1 aromatic rings. The summed E-state index contributed by atoms with van der Waals surface area (Å²) in [5.74, 6) is 0.759. The first kappa shape index (κ1) is 13.9. The van der Waals surface area contributed by atoms with Crippen LogP contribution in [0.25, 0.3) is 0 Å². The van der Waals surface area contributed by atoms with Gasteiger partial charge < -0.3 is 5.32 Å². The largest absolute Gasteiger partial charge is 0.313 e. The summed E-state index contributed by atoms with van der Waals surface area (Å²) in [7, 11) is 2.08. The second-order valence-electron chi connectivity index (χ2n) is 5.47. The van der Waals surface area contributed by atoms with Crippen molar-refractivity contribution in [3.05, 3.63) is 34.3 Å². The van der Waals surface area contributed by atoms with Crippen LogP contribution in [0.5, 0.6) is 0 Å². The highest BCUT2D eigenvalue weighted by Gasteiger charge is 2.24. The van der Waals surface area contributed by atoms with Crippen molar-refractivity contribution in [1.82, 2.24) is 5.32 Å². The molecule has 1 unspecified atom stereocenters. The van der Waals surface area contributed by atoms with Gasteiger partial charge in [0.1, 0.15) is 0 Å². The summed E-state index contributed by atoms with van der Waals surface area (Å²) < 4.78 is 0. The first-order chi connectivity index (χ1) is 8.74. The van der Waals surface area contributed by atoms with Gasteiger partial charge >= 0.3 is 0 Å². The fourth-order valence-electron chi connectivity index (χ4n) is 3.25. The Hall–Kier alpha value is -0.530. The highest BCUT2D eigenvalue weighted by atomic mass is 35.5. The maximum atomic E-state index is 6.26. The lowest BCUT2D eigenvalue weighted by atomic mass is 9.85. The van der Waals surface area contributed by atoms with Gasteiger partial charge in [0.15, 0.2) is 0 Å². The van der Waals surface area contributed by atoms with Gasteiger partial charge in [-0.05, 0) is 49.9 Å². The van der Waals surface area contributed by atoms with Gasteiger partial charge in [0.05, 0.1) is 0 Å². The van der Waals surface area contributed by atoms with Crippen LogP contribution in [-0.4, -0.2) is 7.05 Å². The van der Waals surface area contributed by atoms with Crippen LogP contribution in [0.2, 0.25) is 5.02 Å². The van der Waals surface area contributed by atoms with Crippen molar-refractivity contribution in [3.63, 3.8) is 0 Å². The molecule has 0 aromatic heterocycles. The molecule has 0 aliphatic heterocycles. The summed E-state index contributed by atoms with van der Waals surface area (Å²) in [6, 6.07) is 6.75. The van der Waals surface area contributed by atoms with E-state index in [1.165, 1.54) is 49.7 Å². The van der Waals surface area contributed by atoms with Crippen LogP contribution in [0.3, 0.4) is 0 Å². The van der Waals surface area contributed by atoms with Gasteiger partial charge in [-0.1, -0.05) is 49.4 Å². The minimum atomic E-state index is 0.460. The monoisotopic (exact) mass is 265 g/mol. The normalized spacial score (nSPS) is 19.5. The second kappa shape index (κ2) is 6.58. The Balaban J connectivity index is 2.23. The Kier molecular flexibility index (Phi) is 5.08. The summed E-state index contributed by atoms with van der Waals surface area (Å²) in [6.07, 6.45) is 8.25. The summed E-state index contributed by atoms with van der Waals surface area (Å²) in [4.78, 5) is 0. The first-order valence-electron chi connectivity index (χ1n) is 7.16. The van der Waals surface area contributed by atoms with E-state index in [9.17, 15) is 0 Å². The third kappa shape index (κ3) is 3.07. The van der Waals surface area contributed by atoms with Gasteiger partial charge in [-0.25, -0.2) is 0 Å². The lowest BCUT2D eigenvalue weighted by Gasteiger charge is -2.28. The number of halogens is 1. The van der Waals surface area contributed by atoms with Crippen LogP contribution in [0, 0.1) is 12.8 Å². The number of rotatable bonds is 3. The van der Waals surface area contributed by atoms with Crippen LogP contribution in [0.4, 0.5) is 0 Å². The Morgan fingerprint density at radius 3 is 2.44 bits per heavy atom. The smallest absolute Gasteiger partial charge is 0.0438 e. The van der Waals surface area contributed by atoms with E-state index in [1.807, 2.05) is 6.07 Å². The number of hydrogen-bond donors (Lipinski definition) is 1. The zero-order valence-electron chi connectivity index (χ0n) is 11.5. The molecule has 0 radical (unpaired) electrons. The molecule has 0 amide bonds. The second-order valence-corrected chi connectivity index (χ2v) is 5.88. The molecular formula is C16H24ClN. The van der Waals surface area contributed by atoms with E-state index in [2.05, 4.69) is 31.4 Å². The number of benzene rings is 1. The third-order valence-corrected chi connectivity index (χ3v) is 4.74. The Bertz CT molecular complexity index is 381. The molecule has 0 heterocycles. The van der Waals surface area contributed by atoms with E-state index >= 15 is 0 Å². The topological polar surface area (TPSA) is 12.0 Å². The lowest BCUT2D eigenvalue weighted by Crippen LogP contribution is -2.25. The maximum absolute atomic E-state index is 6.26. The maximum Gasteiger partial charge on any atom is 0.0438 e. The molecule has 1 aliphatic rings. The van der Waals surface area contributed by atoms with Crippen molar-refractivity contribution in [3.8, 4) is 0 Å². The van der Waals surface area contributed by atoms with Crippen molar-refractivity contribution in [2.24, 2.45) is 5.92 Å². The third-order valence-electron chi connectivity index (χ3n) is 4.33. The fourth-order valence-corrected chi connectivity index (χ4v) is 3.43. The molecule has 100 valence electrons. The quantitative estimate of drug-likeness (QED) is 0.768. The number of hydrogen-bond acceptors (Lipinski definition) is 1. The van der Waals surface area contributed by atoms with Gasteiger partial charge in [0, 0.05) is 11.1 Å². The van der Waals surface area contributed by atoms with Crippen LogP contribution in [-0.2, 0) is 0 Å². The molecule has 1 atom stereocenters. The van der Waals surface area contributed by atoms with Crippen molar-refractivity contribution in [2.75, 3.05) is 7.05 Å². The Labute approximate surface area is 116 Å². The van der Waals surface area contributed by atoms with Gasteiger partial charge in [-0.15, -0.1) is 0 Å². The predicted molar refractivity (Wildman–Crippen MR) is 79.2 cm³/mol. The fraction of sp³-hybridized carbons (Fsp3) is 0.625. The standard InChI is InChI=1S/C16H24ClN/c1-12-14(10-7-11-15(12)17)16(18-2)13-8-5-3-4-6-9-13/h7,10-11,13,16,18H,3-6,8-9H2,1-2H3. The van der Waals surface area contributed by atoms with E-state index in [0.29, 0.717) is 6.04 Å². The van der Waals surface area contributed by atoms with Gasteiger partial charge in [0.2, 0.25) is 0 Å². The summed E-state index contributed by atoms with van der Waals surface area (Å²) in [5, 5.41) is 4.42. The molecule has 1 saturated carbocycles. The molecule has 1 aromatic carbocycles. The summed E-state index contributed by atoms with van der Waals surface area (Å²) in [5.41, 5.74) is 2.62. The average Bonchev–Trinajstić information content (AvgIpc) is 2.64. The molecule has 1 aliphatic carbocycles. The molecule has 1 N–H and O–H groups in total. The average molecular weight is 266 g/mol. The molecule has 1 fully saturated rings. The summed E-state index contributed by atoms with van der Waals surface area (Å²) >= 11 is 6.26. The van der Waals surface area contributed by atoms with Crippen molar-refractivity contribution in [1.29, 1.82) is 0 Å². The van der Waals surface area contributed by atoms with Gasteiger partial charge in [0.25, 0.3) is 0 Å². The minimum Gasteiger partial charge on any atom is -0.313 e. The van der Waals surface area contributed by atoms with Crippen molar-refractivity contribution < 1.29 is 0 Å². The lowest BCUT2D eigenvalue weighted by molar-refractivity contribution is 0.340. The van der Waals surface area contributed by atoms with Crippen molar-refractivity contribution in [2.45, 2.75) is 51.5 Å². The van der Waals surface area contributed by atoms with E-state index in [0.717, 1.165) is 10.9 Å². The van der Waals surface area contributed by atoms with Gasteiger partial charge in [-0.2, -0.15) is 0 Å². The SMILES string of the molecule is CNC(c1cccc(Cl)c1C)C1CCCCCC1. The minimum absolute atomic E-state index is 0.460. The summed E-state index contributed by atoms with van der Waals surface area (Å²) in [6.45, 7) is 2.14. The highest BCUT2D eigenvalue weighted by molar-refractivity contribution is 6.31. The molecule has 2 heteroatoms. The van der Waals surface area contributed by atoms with Crippen LogP contribution in [0.1, 0.15) is 55.7 Å². The van der Waals surface area contributed by atoms with Gasteiger partial charge in [-0.3, -0.25) is 0 Å². The predicted octanol–water partition coefficient (Wildman–Crippen LogP) is 4.88. The van der Waals surface area contributed by atoms with E-state index in [-0.39, 0.29) is 0 Å². The molecule has 0 spiro atoms. The van der Waals surface area contributed by atoms with Crippen molar-refractivity contribution >= 4 is 11.6 Å². The Morgan fingerprint density at radius 2 is 1.83 bits per heavy atom. The van der Waals surface area contributed by atoms with Crippen LogP contribution in [0.15, 0.2) is 18.2 Å². The molecule has 2 rings (SSSR count). The highest BCUT2D eigenvalue weighted by Crippen LogP contribution is 2.35. The molecule has 1 nitrogen and oxygen atoms in total. The van der Waals surface area contributed by atoms with E-state index in [4.69, 9.17) is 11.6 Å². The van der Waals surface area contributed by atoms with E-state index < -0.39 is 0 Å². The molecule has 18 heavy (non-hydrogen) atoms. The first-order valence-corrected chi connectivity index (χ1v) is 7.54. The Morgan fingerprint density at radius 1 is 1.17 bits per heavy atom. The molecule has 0 saturated heterocycles. The zero-order valence-corrected chi connectivity index (χ0v) is 12.3. The van der Waals surface area contributed by atoms with E-state index in [1.54, 1.807) is 0 Å². The zero-order chi connectivity index (χ0) is 13.0. The molecular weight excluding hydrogens is 242 g/mol. The van der Waals surface area contributed by atoms with Crippen LogP contribution >= 0.6 is 11.6 Å².